The molecule has 0 aliphatic rings. The van der Waals surface area contributed by atoms with Crippen molar-refractivity contribution < 1.29 is 15.3 Å². The second-order valence-electron chi connectivity index (χ2n) is 6.35. The molecule has 128 valence electrons. The molecule has 0 heterocycles. The first kappa shape index (κ1) is 16.9. The van der Waals surface area contributed by atoms with Gasteiger partial charge in [-0.2, -0.15) is 0 Å². The Balaban J connectivity index is 2.04. The van der Waals surface area contributed by atoms with Crippen molar-refractivity contribution in [2.75, 3.05) is 0 Å². The molecule has 0 fully saturated rings. The maximum absolute atomic E-state index is 10.9. The third kappa shape index (κ3) is 3.18. The zero-order chi connectivity index (χ0) is 18.0. The van der Waals surface area contributed by atoms with Crippen molar-refractivity contribution in [2.45, 2.75) is 25.7 Å². The summed E-state index contributed by atoms with van der Waals surface area (Å²) in [6.45, 7) is 3.91. The van der Waals surface area contributed by atoms with Crippen molar-refractivity contribution in [3.8, 4) is 17.2 Å². The number of rotatable bonds is 4. The molecular weight excluding hydrogens is 312 g/mol. The van der Waals surface area contributed by atoms with Gasteiger partial charge in [-0.25, -0.2) is 0 Å². The topological polar surface area (TPSA) is 60.7 Å². The molecule has 2 unspecified atom stereocenters. The molecule has 0 saturated heterocycles. The molecule has 3 nitrogen and oxygen atoms in total. The second-order valence-corrected chi connectivity index (χ2v) is 6.35. The zero-order valence-electron chi connectivity index (χ0n) is 14.3. The highest BCUT2D eigenvalue weighted by molar-refractivity contribution is 5.52. The van der Waals surface area contributed by atoms with Gasteiger partial charge in [-0.3, -0.25) is 0 Å². The average molecular weight is 334 g/mol. The van der Waals surface area contributed by atoms with E-state index in [1.165, 1.54) is 0 Å². The van der Waals surface area contributed by atoms with E-state index < -0.39 is 0 Å². The predicted molar refractivity (Wildman–Crippen MR) is 99.4 cm³/mol. The molecule has 0 saturated carbocycles. The Bertz CT molecular complexity index is 816. The summed E-state index contributed by atoms with van der Waals surface area (Å²) in [5, 5.41) is 31.1. The van der Waals surface area contributed by atoms with Gasteiger partial charge in [0.2, 0.25) is 0 Å². The Morgan fingerprint density at radius 3 is 1.28 bits per heavy atom. The fraction of sp³-hybridized carbons (Fsp3) is 0.182. The van der Waals surface area contributed by atoms with E-state index in [9.17, 15) is 15.3 Å². The minimum atomic E-state index is -0.155. The fourth-order valence-corrected chi connectivity index (χ4v) is 3.32. The first-order valence-electron chi connectivity index (χ1n) is 8.38. The molecule has 0 aliphatic carbocycles. The maximum Gasteiger partial charge on any atom is 0.123 e. The molecule has 3 aromatic rings. The van der Waals surface area contributed by atoms with E-state index in [2.05, 4.69) is 0 Å². The Kier molecular flexibility index (Phi) is 4.66. The van der Waals surface area contributed by atoms with Crippen LogP contribution in [0.4, 0.5) is 0 Å². The van der Waals surface area contributed by atoms with E-state index in [0.29, 0.717) is 0 Å². The van der Waals surface area contributed by atoms with E-state index in [1.807, 2.05) is 56.3 Å². The van der Waals surface area contributed by atoms with Crippen LogP contribution in [-0.2, 0) is 0 Å². The van der Waals surface area contributed by atoms with E-state index >= 15 is 0 Å². The van der Waals surface area contributed by atoms with Crippen LogP contribution in [0.1, 0.15) is 47.9 Å². The van der Waals surface area contributed by atoms with Crippen LogP contribution in [0.15, 0.2) is 66.7 Å². The van der Waals surface area contributed by atoms with Crippen LogP contribution in [0.5, 0.6) is 17.2 Å². The monoisotopic (exact) mass is 334 g/mol. The molecule has 2 atom stereocenters. The smallest absolute Gasteiger partial charge is 0.123 e. The summed E-state index contributed by atoms with van der Waals surface area (Å²) in [7, 11) is 0. The summed E-state index contributed by atoms with van der Waals surface area (Å²) >= 11 is 0. The lowest BCUT2D eigenvalue weighted by Gasteiger charge is -2.21. The molecule has 3 N–H and O–H groups in total. The number of hydrogen-bond donors (Lipinski definition) is 3. The highest BCUT2D eigenvalue weighted by atomic mass is 16.3. The highest BCUT2D eigenvalue weighted by Gasteiger charge is 2.21. The van der Waals surface area contributed by atoms with Crippen LogP contribution in [0.2, 0.25) is 0 Å². The minimum Gasteiger partial charge on any atom is -0.508 e. The van der Waals surface area contributed by atoms with Crippen molar-refractivity contribution >= 4 is 0 Å². The molecule has 0 aliphatic heterocycles. The van der Waals surface area contributed by atoms with Gasteiger partial charge in [0.1, 0.15) is 17.2 Å². The molecule has 0 bridgehead atoms. The average Bonchev–Trinajstić information content (AvgIpc) is 2.62. The molecule has 25 heavy (non-hydrogen) atoms. The van der Waals surface area contributed by atoms with E-state index in [0.717, 1.165) is 22.3 Å². The predicted octanol–water partition coefficient (Wildman–Crippen LogP) is 5.11. The van der Waals surface area contributed by atoms with Gasteiger partial charge in [0.25, 0.3) is 0 Å². The van der Waals surface area contributed by atoms with Gasteiger partial charge in [0.05, 0.1) is 0 Å². The Morgan fingerprint density at radius 2 is 0.880 bits per heavy atom. The molecule has 3 heteroatoms. The number of hydrogen-bond acceptors (Lipinski definition) is 3. The van der Waals surface area contributed by atoms with Crippen molar-refractivity contribution in [3.05, 3.63) is 89.0 Å². The summed E-state index contributed by atoms with van der Waals surface area (Å²) < 4.78 is 0. The van der Waals surface area contributed by atoms with Gasteiger partial charge < -0.3 is 15.3 Å². The SMILES string of the molecule is CC(c1ccccc1O)c1cccc(C(C)c2ccccc2O)c1O. The largest absolute Gasteiger partial charge is 0.508 e. The molecular formula is C22H22O3. The van der Waals surface area contributed by atoms with Crippen LogP contribution < -0.4 is 0 Å². The van der Waals surface area contributed by atoms with Crippen LogP contribution in [0, 0.1) is 0 Å². The maximum atomic E-state index is 10.9. The third-order valence-corrected chi connectivity index (χ3v) is 4.84. The van der Waals surface area contributed by atoms with Crippen LogP contribution >= 0.6 is 0 Å². The molecule has 0 radical (unpaired) electrons. The van der Waals surface area contributed by atoms with Crippen LogP contribution in [0.3, 0.4) is 0 Å². The van der Waals surface area contributed by atoms with E-state index in [4.69, 9.17) is 0 Å². The number of phenolic OH excluding ortho intramolecular Hbond substituents is 3. The first-order valence-corrected chi connectivity index (χ1v) is 8.38. The quantitative estimate of drug-likeness (QED) is 0.621. The minimum absolute atomic E-state index is 0.155. The van der Waals surface area contributed by atoms with E-state index in [1.54, 1.807) is 24.3 Å². The van der Waals surface area contributed by atoms with Crippen molar-refractivity contribution in [1.29, 1.82) is 0 Å². The fourth-order valence-electron chi connectivity index (χ4n) is 3.32. The summed E-state index contributed by atoms with van der Waals surface area (Å²) in [6, 6.07) is 20.0. The lowest BCUT2D eigenvalue weighted by atomic mass is 9.86. The Labute approximate surface area is 147 Å². The molecule has 0 aromatic heterocycles. The standard InChI is InChI=1S/C22H22O3/c1-14(16-8-3-5-12-20(16)23)18-10-7-11-19(22(18)25)15(2)17-9-4-6-13-21(17)24/h3-15,23-25H,1-2H3. The lowest BCUT2D eigenvalue weighted by molar-refractivity contribution is 0.448. The number of para-hydroxylation sites is 3. The first-order chi connectivity index (χ1) is 12.0. The van der Waals surface area contributed by atoms with Gasteiger partial charge >= 0.3 is 0 Å². The number of benzene rings is 3. The summed E-state index contributed by atoms with van der Waals surface area (Å²) in [6.07, 6.45) is 0. The number of phenols is 3. The molecule has 3 aromatic carbocycles. The molecule has 0 amide bonds. The Hall–Kier alpha value is -2.94. The van der Waals surface area contributed by atoms with Crippen LogP contribution in [-0.4, -0.2) is 15.3 Å². The van der Waals surface area contributed by atoms with E-state index in [-0.39, 0.29) is 29.1 Å². The second kappa shape index (κ2) is 6.89. The van der Waals surface area contributed by atoms with Gasteiger partial charge in [0, 0.05) is 34.1 Å². The van der Waals surface area contributed by atoms with Crippen molar-refractivity contribution in [2.24, 2.45) is 0 Å². The van der Waals surface area contributed by atoms with Gasteiger partial charge in [0.15, 0.2) is 0 Å². The van der Waals surface area contributed by atoms with Gasteiger partial charge in [-0.15, -0.1) is 0 Å². The molecule has 3 rings (SSSR count). The van der Waals surface area contributed by atoms with Crippen LogP contribution in [0.25, 0.3) is 0 Å². The van der Waals surface area contributed by atoms with Crippen molar-refractivity contribution in [1.82, 2.24) is 0 Å². The van der Waals surface area contributed by atoms with Gasteiger partial charge in [-0.05, 0) is 12.1 Å². The summed E-state index contributed by atoms with van der Waals surface area (Å²) in [5.41, 5.74) is 3.04. The number of aromatic hydroxyl groups is 3. The summed E-state index contributed by atoms with van der Waals surface area (Å²) in [4.78, 5) is 0. The van der Waals surface area contributed by atoms with Gasteiger partial charge in [-0.1, -0.05) is 68.4 Å². The Morgan fingerprint density at radius 1 is 0.520 bits per heavy atom. The summed E-state index contributed by atoms with van der Waals surface area (Å²) in [5.74, 6) is 0.326. The zero-order valence-corrected chi connectivity index (χ0v) is 14.3. The highest BCUT2D eigenvalue weighted by Crippen LogP contribution is 2.41. The molecule has 0 spiro atoms. The normalized spacial score (nSPS) is 13.4. The van der Waals surface area contributed by atoms with Crippen molar-refractivity contribution in [3.63, 3.8) is 0 Å². The third-order valence-electron chi connectivity index (χ3n) is 4.84. The lowest BCUT2D eigenvalue weighted by Crippen LogP contribution is -2.02.